The first-order chi connectivity index (χ1) is 11.2. The lowest BCUT2D eigenvalue weighted by molar-refractivity contribution is 0.101. The van der Waals surface area contributed by atoms with Gasteiger partial charge in [0.1, 0.15) is 5.75 Å². The summed E-state index contributed by atoms with van der Waals surface area (Å²) in [4.78, 5) is 11.3. The smallest absolute Gasteiger partial charge is 0.159 e. The molecule has 114 valence electrons. The molecule has 2 nitrogen and oxygen atoms in total. The van der Waals surface area contributed by atoms with E-state index in [-0.39, 0.29) is 5.78 Å². The Morgan fingerprint density at radius 3 is 1.35 bits per heavy atom. The number of methoxy groups -OCH3 is 1. The lowest BCUT2D eigenvalue weighted by Crippen LogP contribution is -1.90. The van der Waals surface area contributed by atoms with Crippen LogP contribution in [-0.2, 0) is 0 Å². The molecule has 0 heterocycles. The summed E-state index contributed by atoms with van der Waals surface area (Å²) in [6.45, 7) is 1.58. The van der Waals surface area contributed by atoms with Crippen molar-refractivity contribution in [2.24, 2.45) is 0 Å². The molecular formula is C21H18O2. The molecule has 0 spiro atoms. The summed E-state index contributed by atoms with van der Waals surface area (Å²) in [5.74, 6) is 0.947. The minimum atomic E-state index is 0.0893. The molecule has 3 rings (SSSR count). The van der Waals surface area contributed by atoms with Gasteiger partial charge in [0.05, 0.1) is 7.11 Å². The molecule has 0 aliphatic carbocycles. The van der Waals surface area contributed by atoms with Gasteiger partial charge in [0.25, 0.3) is 0 Å². The Morgan fingerprint density at radius 1 is 0.652 bits per heavy atom. The van der Waals surface area contributed by atoms with E-state index in [2.05, 4.69) is 36.4 Å². The van der Waals surface area contributed by atoms with Crippen LogP contribution in [0.1, 0.15) is 17.3 Å². The number of benzene rings is 3. The summed E-state index contributed by atoms with van der Waals surface area (Å²) in [7, 11) is 1.67. The van der Waals surface area contributed by atoms with Crippen molar-refractivity contribution in [3.8, 4) is 28.0 Å². The van der Waals surface area contributed by atoms with Gasteiger partial charge >= 0.3 is 0 Å². The lowest BCUT2D eigenvalue weighted by atomic mass is 9.99. The van der Waals surface area contributed by atoms with Gasteiger partial charge in [-0.3, -0.25) is 4.79 Å². The van der Waals surface area contributed by atoms with Crippen LogP contribution in [0.2, 0.25) is 0 Å². The Hall–Kier alpha value is -2.87. The van der Waals surface area contributed by atoms with E-state index in [1.807, 2.05) is 36.4 Å². The fourth-order valence-electron chi connectivity index (χ4n) is 2.54. The Bertz CT molecular complexity index is 798. The van der Waals surface area contributed by atoms with E-state index in [1.165, 1.54) is 0 Å². The minimum Gasteiger partial charge on any atom is -0.497 e. The summed E-state index contributed by atoms with van der Waals surface area (Å²) in [6, 6.07) is 24.2. The summed E-state index contributed by atoms with van der Waals surface area (Å²) in [6.07, 6.45) is 0. The molecule has 0 unspecified atom stereocenters. The van der Waals surface area contributed by atoms with Crippen molar-refractivity contribution >= 4 is 5.78 Å². The highest BCUT2D eigenvalue weighted by Crippen LogP contribution is 2.26. The molecular weight excluding hydrogens is 284 g/mol. The molecule has 0 N–H and O–H groups in total. The number of rotatable bonds is 4. The van der Waals surface area contributed by atoms with Crippen LogP contribution in [0, 0.1) is 0 Å². The SMILES string of the molecule is COc1ccc(-c2ccc(-c3ccc(C(C)=O)cc3)cc2)cc1. The Kier molecular flexibility index (Phi) is 4.24. The molecule has 23 heavy (non-hydrogen) atoms. The van der Waals surface area contributed by atoms with E-state index in [0.29, 0.717) is 0 Å². The average molecular weight is 302 g/mol. The maximum Gasteiger partial charge on any atom is 0.159 e. The normalized spacial score (nSPS) is 10.3. The van der Waals surface area contributed by atoms with Crippen LogP contribution < -0.4 is 4.74 Å². The Morgan fingerprint density at radius 2 is 1.00 bits per heavy atom. The molecule has 3 aromatic carbocycles. The predicted octanol–water partition coefficient (Wildman–Crippen LogP) is 5.23. The van der Waals surface area contributed by atoms with Gasteiger partial charge in [0, 0.05) is 5.56 Å². The second kappa shape index (κ2) is 6.49. The van der Waals surface area contributed by atoms with E-state index in [4.69, 9.17) is 4.74 Å². The van der Waals surface area contributed by atoms with Gasteiger partial charge < -0.3 is 4.74 Å². The summed E-state index contributed by atoms with van der Waals surface area (Å²) >= 11 is 0. The van der Waals surface area contributed by atoms with Crippen LogP contribution in [0.25, 0.3) is 22.3 Å². The van der Waals surface area contributed by atoms with Crippen molar-refractivity contribution in [1.29, 1.82) is 0 Å². The molecule has 0 saturated heterocycles. The zero-order chi connectivity index (χ0) is 16.2. The second-order valence-electron chi connectivity index (χ2n) is 5.44. The van der Waals surface area contributed by atoms with Gasteiger partial charge in [-0.2, -0.15) is 0 Å². The molecule has 0 saturated carbocycles. The second-order valence-corrected chi connectivity index (χ2v) is 5.44. The third-order valence-electron chi connectivity index (χ3n) is 3.93. The number of hydrogen-bond donors (Lipinski definition) is 0. The van der Waals surface area contributed by atoms with Gasteiger partial charge in [-0.25, -0.2) is 0 Å². The molecule has 0 aromatic heterocycles. The van der Waals surface area contributed by atoms with Gasteiger partial charge in [-0.15, -0.1) is 0 Å². The number of ketones is 1. The van der Waals surface area contributed by atoms with E-state index < -0.39 is 0 Å². The zero-order valence-electron chi connectivity index (χ0n) is 13.2. The monoisotopic (exact) mass is 302 g/mol. The van der Waals surface area contributed by atoms with E-state index in [0.717, 1.165) is 33.6 Å². The molecule has 0 bridgehead atoms. The van der Waals surface area contributed by atoms with Crippen LogP contribution in [0.5, 0.6) is 5.75 Å². The van der Waals surface area contributed by atoms with Crippen LogP contribution >= 0.6 is 0 Å². The molecule has 0 aliphatic heterocycles. The number of Topliss-reactive ketones (excluding diaryl/α,β-unsaturated/α-hetero) is 1. The number of carbonyl (C=O) groups is 1. The maximum absolute atomic E-state index is 11.3. The minimum absolute atomic E-state index is 0.0893. The van der Waals surface area contributed by atoms with Crippen LogP contribution in [0.3, 0.4) is 0 Å². The van der Waals surface area contributed by atoms with Gasteiger partial charge in [-0.05, 0) is 41.3 Å². The zero-order valence-corrected chi connectivity index (χ0v) is 13.2. The average Bonchev–Trinajstić information content (AvgIpc) is 2.62. The van der Waals surface area contributed by atoms with Crippen molar-refractivity contribution in [3.05, 3.63) is 78.4 Å². The third kappa shape index (κ3) is 3.32. The van der Waals surface area contributed by atoms with Crippen molar-refractivity contribution in [2.75, 3.05) is 7.11 Å². The highest BCUT2D eigenvalue weighted by molar-refractivity contribution is 5.94. The molecule has 0 radical (unpaired) electrons. The van der Waals surface area contributed by atoms with E-state index >= 15 is 0 Å². The number of ether oxygens (including phenoxy) is 1. The first kappa shape index (κ1) is 15.0. The first-order valence-electron chi connectivity index (χ1n) is 7.53. The molecule has 0 amide bonds. The van der Waals surface area contributed by atoms with Crippen molar-refractivity contribution in [3.63, 3.8) is 0 Å². The largest absolute Gasteiger partial charge is 0.497 e. The number of carbonyl (C=O) groups excluding carboxylic acids is 1. The fourth-order valence-corrected chi connectivity index (χ4v) is 2.54. The predicted molar refractivity (Wildman–Crippen MR) is 93.9 cm³/mol. The quantitative estimate of drug-likeness (QED) is 0.617. The van der Waals surface area contributed by atoms with E-state index in [9.17, 15) is 4.79 Å². The summed E-state index contributed by atoms with van der Waals surface area (Å²) in [5.41, 5.74) is 5.30. The van der Waals surface area contributed by atoms with Gasteiger partial charge in [-0.1, -0.05) is 60.7 Å². The molecule has 0 fully saturated rings. The van der Waals surface area contributed by atoms with Crippen LogP contribution in [-0.4, -0.2) is 12.9 Å². The van der Waals surface area contributed by atoms with Crippen molar-refractivity contribution in [2.45, 2.75) is 6.92 Å². The van der Waals surface area contributed by atoms with Crippen LogP contribution in [0.15, 0.2) is 72.8 Å². The summed E-state index contributed by atoms with van der Waals surface area (Å²) in [5, 5.41) is 0. The van der Waals surface area contributed by atoms with Crippen LogP contribution in [0.4, 0.5) is 0 Å². The highest BCUT2D eigenvalue weighted by atomic mass is 16.5. The summed E-state index contributed by atoms with van der Waals surface area (Å²) < 4.78 is 5.18. The van der Waals surface area contributed by atoms with Crippen molar-refractivity contribution < 1.29 is 9.53 Å². The van der Waals surface area contributed by atoms with Gasteiger partial charge in [0.2, 0.25) is 0 Å². The highest BCUT2D eigenvalue weighted by Gasteiger charge is 2.03. The topological polar surface area (TPSA) is 26.3 Å². The molecule has 0 aliphatic rings. The van der Waals surface area contributed by atoms with E-state index in [1.54, 1.807) is 14.0 Å². The molecule has 3 aromatic rings. The Labute approximate surface area is 136 Å². The molecule has 0 atom stereocenters. The molecule has 2 heteroatoms. The first-order valence-corrected chi connectivity index (χ1v) is 7.53. The third-order valence-corrected chi connectivity index (χ3v) is 3.93. The standard InChI is InChI=1S/C21H18O2/c1-15(22)16-3-5-17(6-4-16)18-7-9-19(10-8-18)20-11-13-21(23-2)14-12-20/h3-14H,1-2H3. The van der Waals surface area contributed by atoms with Gasteiger partial charge in [0.15, 0.2) is 5.78 Å². The number of hydrogen-bond acceptors (Lipinski definition) is 2. The maximum atomic E-state index is 11.3. The Balaban J connectivity index is 1.84. The van der Waals surface area contributed by atoms with Crippen molar-refractivity contribution in [1.82, 2.24) is 0 Å². The lowest BCUT2D eigenvalue weighted by Gasteiger charge is -2.06. The fraction of sp³-hybridized carbons (Fsp3) is 0.0952.